The number of esters is 1. The van der Waals surface area contributed by atoms with E-state index in [0.29, 0.717) is 12.2 Å². The van der Waals surface area contributed by atoms with E-state index in [1.807, 2.05) is 37.4 Å². The second kappa shape index (κ2) is 5.89. The van der Waals surface area contributed by atoms with Crippen molar-refractivity contribution in [1.29, 1.82) is 0 Å². The van der Waals surface area contributed by atoms with Gasteiger partial charge in [-0.05, 0) is 30.7 Å². The standard InChI is InChI=1S/C17H16N2O3/c1-12-5-3-4-6-15(12)22-11-14-10-19-9-13(17(20)21-2)7-8-16(19)18-14/h3-10H,11H2,1-2H3. The third kappa shape index (κ3) is 2.79. The highest BCUT2D eigenvalue weighted by atomic mass is 16.5. The SMILES string of the molecule is COC(=O)c1ccc2nc(COc3ccccc3C)cn2c1. The van der Waals surface area contributed by atoms with Crippen molar-refractivity contribution < 1.29 is 14.3 Å². The van der Waals surface area contributed by atoms with Gasteiger partial charge in [-0.25, -0.2) is 9.78 Å². The quantitative estimate of drug-likeness (QED) is 0.694. The summed E-state index contributed by atoms with van der Waals surface area (Å²) >= 11 is 0. The molecular weight excluding hydrogens is 280 g/mol. The van der Waals surface area contributed by atoms with Gasteiger partial charge in [0, 0.05) is 12.4 Å². The Morgan fingerprint density at radius 2 is 2.00 bits per heavy atom. The molecule has 0 aliphatic rings. The first kappa shape index (κ1) is 14.1. The van der Waals surface area contributed by atoms with Gasteiger partial charge in [0.25, 0.3) is 0 Å². The van der Waals surface area contributed by atoms with Crippen molar-refractivity contribution in [2.45, 2.75) is 13.5 Å². The van der Waals surface area contributed by atoms with E-state index in [-0.39, 0.29) is 5.97 Å². The minimum absolute atomic E-state index is 0.367. The summed E-state index contributed by atoms with van der Waals surface area (Å²) in [7, 11) is 1.36. The maximum Gasteiger partial charge on any atom is 0.339 e. The molecule has 2 heterocycles. The van der Waals surface area contributed by atoms with Gasteiger partial charge in [0.1, 0.15) is 18.0 Å². The molecule has 2 aromatic heterocycles. The summed E-state index contributed by atoms with van der Waals surface area (Å²) in [5, 5.41) is 0. The number of carbonyl (C=O) groups excluding carboxylic acids is 1. The van der Waals surface area contributed by atoms with Crippen LogP contribution in [0, 0.1) is 6.92 Å². The number of rotatable bonds is 4. The summed E-state index contributed by atoms with van der Waals surface area (Å²) < 4.78 is 12.3. The molecule has 0 aliphatic carbocycles. The van der Waals surface area contributed by atoms with Gasteiger partial charge in [0.15, 0.2) is 0 Å². The molecule has 5 heteroatoms. The summed E-state index contributed by atoms with van der Waals surface area (Å²) in [5.74, 6) is 0.475. The lowest BCUT2D eigenvalue weighted by atomic mass is 10.2. The number of aryl methyl sites for hydroxylation is 1. The van der Waals surface area contributed by atoms with E-state index < -0.39 is 0 Å². The molecule has 1 aromatic carbocycles. The van der Waals surface area contributed by atoms with Crippen LogP contribution in [0.2, 0.25) is 0 Å². The van der Waals surface area contributed by atoms with E-state index in [1.54, 1.807) is 22.7 Å². The van der Waals surface area contributed by atoms with E-state index in [4.69, 9.17) is 9.47 Å². The van der Waals surface area contributed by atoms with Crippen LogP contribution in [0.4, 0.5) is 0 Å². The smallest absolute Gasteiger partial charge is 0.339 e. The molecule has 112 valence electrons. The zero-order valence-electron chi connectivity index (χ0n) is 12.4. The van der Waals surface area contributed by atoms with Crippen LogP contribution < -0.4 is 4.74 Å². The number of fused-ring (bicyclic) bond motifs is 1. The predicted molar refractivity (Wildman–Crippen MR) is 82.0 cm³/mol. The zero-order chi connectivity index (χ0) is 15.5. The molecule has 0 aliphatic heterocycles. The first-order valence-electron chi connectivity index (χ1n) is 6.92. The molecule has 0 saturated heterocycles. The van der Waals surface area contributed by atoms with Gasteiger partial charge in [-0.15, -0.1) is 0 Å². The first-order chi connectivity index (χ1) is 10.7. The van der Waals surface area contributed by atoms with Gasteiger partial charge in [0.2, 0.25) is 0 Å². The molecule has 0 bridgehead atoms. The second-order valence-electron chi connectivity index (χ2n) is 4.96. The number of benzene rings is 1. The van der Waals surface area contributed by atoms with E-state index in [1.165, 1.54) is 7.11 Å². The molecule has 0 fully saturated rings. The minimum atomic E-state index is -0.367. The number of carbonyl (C=O) groups is 1. The van der Waals surface area contributed by atoms with Gasteiger partial charge < -0.3 is 13.9 Å². The van der Waals surface area contributed by atoms with Crippen LogP contribution in [0.15, 0.2) is 48.8 Å². The normalized spacial score (nSPS) is 10.6. The molecule has 3 rings (SSSR count). The Balaban J connectivity index is 1.80. The highest BCUT2D eigenvalue weighted by Gasteiger charge is 2.08. The molecule has 22 heavy (non-hydrogen) atoms. The van der Waals surface area contributed by atoms with E-state index in [0.717, 1.165) is 22.7 Å². The highest BCUT2D eigenvalue weighted by molar-refractivity contribution is 5.89. The summed E-state index contributed by atoms with van der Waals surface area (Å²) in [5.41, 5.74) is 3.12. The highest BCUT2D eigenvalue weighted by Crippen LogP contribution is 2.18. The topological polar surface area (TPSA) is 52.8 Å². The average Bonchev–Trinajstić information content (AvgIpc) is 2.95. The number of hydrogen-bond donors (Lipinski definition) is 0. The second-order valence-corrected chi connectivity index (χ2v) is 4.96. The fraction of sp³-hybridized carbons (Fsp3) is 0.176. The maximum absolute atomic E-state index is 11.5. The van der Waals surface area contributed by atoms with Crippen molar-refractivity contribution in [2.24, 2.45) is 0 Å². The Labute approximate surface area is 128 Å². The summed E-state index contributed by atoms with van der Waals surface area (Å²) in [6.45, 7) is 2.38. The molecule has 5 nitrogen and oxygen atoms in total. The van der Waals surface area contributed by atoms with Gasteiger partial charge in [-0.1, -0.05) is 18.2 Å². The Morgan fingerprint density at radius 1 is 1.18 bits per heavy atom. The van der Waals surface area contributed by atoms with Crippen molar-refractivity contribution in [3.05, 3.63) is 65.6 Å². The fourth-order valence-corrected chi connectivity index (χ4v) is 2.22. The molecular formula is C17H16N2O3. The number of para-hydroxylation sites is 1. The van der Waals surface area contributed by atoms with Crippen LogP contribution in [-0.4, -0.2) is 22.5 Å². The third-order valence-electron chi connectivity index (χ3n) is 3.39. The number of aromatic nitrogens is 2. The van der Waals surface area contributed by atoms with Crippen LogP contribution in [0.25, 0.3) is 5.65 Å². The average molecular weight is 296 g/mol. The van der Waals surface area contributed by atoms with Gasteiger partial charge in [0.05, 0.1) is 18.4 Å². The number of nitrogens with zero attached hydrogens (tertiary/aromatic N) is 2. The predicted octanol–water partition coefficient (Wildman–Crippen LogP) is 3.01. The molecule has 0 N–H and O–H groups in total. The van der Waals surface area contributed by atoms with E-state index in [2.05, 4.69) is 4.98 Å². The lowest BCUT2D eigenvalue weighted by Crippen LogP contribution is -2.02. The van der Waals surface area contributed by atoms with Crippen LogP contribution in [0.1, 0.15) is 21.6 Å². The first-order valence-corrected chi connectivity index (χ1v) is 6.92. The minimum Gasteiger partial charge on any atom is -0.487 e. The number of methoxy groups -OCH3 is 1. The summed E-state index contributed by atoms with van der Waals surface area (Å²) in [6.07, 6.45) is 3.55. The van der Waals surface area contributed by atoms with Crippen molar-refractivity contribution in [3.8, 4) is 5.75 Å². The van der Waals surface area contributed by atoms with Gasteiger partial charge in [-0.2, -0.15) is 0 Å². The number of ether oxygens (including phenoxy) is 2. The molecule has 0 amide bonds. The largest absolute Gasteiger partial charge is 0.487 e. The lowest BCUT2D eigenvalue weighted by molar-refractivity contribution is 0.0600. The monoisotopic (exact) mass is 296 g/mol. The number of hydrogen-bond acceptors (Lipinski definition) is 4. The Morgan fingerprint density at radius 3 is 2.77 bits per heavy atom. The molecule has 3 aromatic rings. The molecule has 0 radical (unpaired) electrons. The van der Waals surface area contributed by atoms with Gasteiger partial charge in [-0.3, -0.25) is 0 Å². The van der Waals surface area contributed by atoms with Crippen molar-refractivity contribution in [1.82, 2.24) is 9.38 Å². The van der Waals surface area contributed by atoms with Crippen molar-refractivity contribution in [2.75, 3.05) is 7.11 Å². The Hall–Kier alpha value is -2.82. The van der Waals surface area contributed by atoms with Crippen molar-refractivity contribution in [3.63, 3.8) is 0 Å². The van der Waals surface area contributed by atoms with Crippen LogP contribution in [0.5, 0.6) is 5.75 Å². The van der Waals surface area contributed by atoms with E-state index in [9.17, 15) is 4.79 Å². The Kier molecular flexibility index (Phi) is 3.78. The fourth-order valence-electron chi connectivity index (χ4n) is 2.22. The van der Waals surface area contributed by atoms with Gasteiger partial charge >= 0.3 is 5.97 Å². The molecule has 0 saturated carbocycles. The zero-order valence-corrected chi connectivity index (χ0v) is 12.4. The summed E-state index contributed by atoms with van der Waals surface area (Å²) in [4.78, 5) is 16.0. The van der Waals surface area contributed by atoms with Crippen molar-refractivity contribution >= 4 is 11.6 Å². The van der Waals surface area contributed by atoms with Crippen LogP contribution in [0.3, 0.4) is 0 Å². The molecule has 0 unspecified atom stereocenters. The lowest BCUT2D eigenvalue weighted by Gasteiger charge is -2.06. The Bertz CT molecular complexity index is 824. The molecule has 0 spiro atoms. The number of imidazole rings is 1. The maximum atomic E-state index is 11.5. The van der Waals surface area contributed by atoms with E-state index >= 15 is 0 Å². The van der Waals surface area contributed by atoms with Crippen LogP contribution in [-0.2, 0) is 11.3 Å². The number of pyridine rings is 1. The van der Waals surface area contributed by atoms with Crippen LogP contribution >= 0.6 is 0 Å². The molecule has 0 atom stereocenters. The summed E-state index contributed by atoms with van der Waals surface area (Å²) in [6, 6.07) is 11.3. The third-order valence-corrected chi connectivity index (χ3v) is 3.39.